The molecule has 0 spiro atoms. The highest BCUT2D eigenvalue weighted by molar-refractivity contribution is 8.04. The Labute approximate surface area is 274 Å². The third kappa shape index (κ3) is 7.23. The van der Waals surface area contributed by atoms with Gasteiger partial charge in [-0.3, -0.25) is 4.55 Å². The molecule has 8 nitrogen and oxygen atoms in total. The van der Waals surface area contributed by atoms with E-state index in [0.29, 0.717) is 18.7 Å². The minimum absolute atomic E-state index is 0.287. The molecule has 2 N–H and O–H groups in total. The zero-order valence-corrected chi connectivity index (χ0v) is 27.9. The Hall–Kier alpha value is -2.94. The van der Waals surface area contributed by atoms with Gasteiger partial charge in [0, 0.05) is 53.2 Å². The van der Waals surface area contributed by atoms with Gasteiger partial charge in [-0.25, -0.2) is 5.26 Å². The van der Waals surface area contributed by atoms with Crippen LogP contribution in [0.3, 0.4) is 0 Å². The third-order valence-corrected chi connectivity index (χ3v) is 11.5. The van der Waals surface area contributed by atoms with Crippen molar-refractivity contribution in [2.45, 2.75) is 37.6 Å². The fourth-order valence-electron chi connectivity index (χ4n) is 5.64. The molecule has 1 aromatic heterocycles. The van der Waals surface area contributed by atoms with Gasteiger partial charge in [-0.2, -0.15) is 13.0 Å². The van der Waals surface area contributed by atoms with Gasteiger partial charge in [0.25, 0.3) is 15.1 Å². The van der Waals surface area contributed by atoms with Crippen molar-refractivity contribution in [1.82, 2.24) is 0 Å². The molecule has 0 amide bonds. The molecule has 0 atom stereocenters. The summed E-state index contributed by atoms with van der Waals surface area (Å²) in [5, 5.41) is 19.1. The van der Waals surface area contributed by atoms with Crippen LogP contribution in [0.1, 0.15) is 31.2 Å². The number of allylic oxidation sites excluding steroid dienone is 2. The van der Waals surface area contributed by atoms with Crippen LogP contribution in [0.5, 0.6) is 0 Å². The molecule has 0 unspecified atom stereocenters. The van der Waals surface area contributed by atoms with Crippen molar-refractivity contribution in [1.29, 1.82) is 0 Å². The second-order valence-corrected chi connectivity index (χ2v) is 15.0. The van der Waals surface area contributed by atoms with Crippen LogP contribution in [0.25, 0.3) is 37.8 Å². The van der Waals surface area contributed by atoms with E-state index in [1.54, 1.807) is 23.1 Å². The maximum absolute atomic E-state index is 11.5. The summed E-state index contributed by atoms with van der Waals surface area (Å²) in [5.74, 6) is 0.359. The van der Waals surface area contributed by atoms with Gasteiger partial charge >= 0.3 is 0 Å². The molecule has 12 heteroatoms. The molecule has 45 heavy (non-hydrogen) atoms. The molecule has 0 radical (unpaired) electrons. The van der Waals surface area contributed by atoms with Crippen LogP contribution in [-0.2, 0) is 26.0 Å². The molecular formula is C33H33N2O6S4+. The van der Waals surface area contributed by atoms with Crippen LogP contribution in [-0.4, -0.2) is 36.3 Å². The first-order valence-corrected chi connectivity index (χ1v) is 18.8. The number of aryl methyl sites for hydroxylation is 1. The van der Waals surface area contributed by atoms with E-state index in [1.807, 2.05) is 12.1 Å². The van der Waals surface area contributed by atoms with E-state index in [2.05, 4.69) is 98.6 Å². The monoisotopic (exact) mass is 681 g/mol. The van der Waals surface area contributed by atoms with Crippen LogP contribution in [0.4, 0.5) is 5.69 Å². The maximum atomic E-state index is 11.5. The predicted octanol–water partition coefficient (Wildman–Crippen LogP) is 8.48. The zero-order valence-electron chi connectivity index (χ0n) is 24.6. The van der Waals surface area contributed by atoms with Crippen molar-refractivity contribution >= 4 is 88.8 Å². The number of rotatable bonds is 13. The maximum Gasteiger partial charge on any atom is 0.264 e. The number of fused-ring (bicyclic) bond motifs is 6. The number of aromatic nitrogens is 1. The lowest BCUT2D eigenvalue weighted by atomic mass is 10.1. The number of hydrogen-bond acceptors (Lipinski definition) is 9. The van der Waals surface area contributed by atoms with Gasteiger partial charge in [-0.05, 0) is 52.8 Å². The Balaban J connectivity index is 1.40. The number of nitrogens with zero attached hydrogens (tertiary/aromatic N) is 2. The van der Waals surface area contributed by atoms with E-state index in [4.69, 9.17) is 5.26 Å². The normalized spacial score (nSPS) is 14.8. The zero-order chi connectivity index (χ0) is 31.4. The van der Waals surface area contributed by atoms with Crippen LogP contribution < -0.4 is 9.47 Å². The van der Waals surface area contributed by atoms with Crippen molar-refractivity contribution in [3.63, 3.8) is 0 Å². The van der Waals surface area contributed by atoms with Gasteiger partial charge in [0.1, 0.15) is 4.70 Å². The van der Waals surface area contributed by atoms with Crippen LogP contribution >= 0.6 is 35.1 Å². The second kappa shape index (κ2) is 14.2. The highest BCUT2D eigenvalue weighted by Gasteiger charge is 2.28. The average Bonchev–Trinajstić information content (AvgIpc) is 3.57. The summed E-state index contributed by atoms with van der Waals surface area (Å²) in [6.45, 7) is 3.37. The lowest BCUT2D eigenvalue weighted by Gasteiger charge is -2.20. The Morgan fingerprint density at radius 2 is 1.73 bits per heavy atom. The summed E-state index contributed by atoms with van der Waals surface area (Å²) >= 11 is 4.53. The second-order valence-electron chi connectivity index (χ2n) is 10.6. The van der Waals surface area contributed by atoms with Crippen molar-refractivity contribution < 1.29 is 32.2 Å². The molecule has 4 aromatic carbocycles. The van der Waals surface area contributed by atoms with Crippen LogP contribution in [0, 0.1) is 0 Å². The van der Waals surface area contributed by atoms with E-state index in [1.165, 1.54) is 21.0 Å². The molecule has 1 aliphatic heterocycles. The summed E-state index contributed by atoms with van der Waals surface area (Å²) in [6.07, 6.45) is 6.38. The minimum atomic E-state index is -4.05. The molecule has 0 saturated heterocycles. The van der Waals surface area contributed by atoms with E-state index < -0.39 is 10.1 Å². The van der Waals surface area contributed by atoms with Gasteiger partial charge in [0.2, 0.25) is 5.52 Å². The Morgan fingerprint density at radius 3 is 2.49 bits per heavy atom. The van der Waals surface area contributed by atoms with E-state index in [-0.39, 0.29) is 5.75 Å². The molecule has 2 heterocycles. The highest BCUT2D eigenvalue weighted by Crippen LogP contribution is 2.50. The van der Waals surface area contributed by atoms with Crippen LogP contribution in [0.2, 0.25) is 0 Å². The average molecular weight is 682 g/mol. The molecule has 0 aliphatic carbocycles. The topological polar surface area (TPSA) is 100 Å². The summed E-state index contributed by atoms with van der Waals surface area (Å²) < 4.78 is 40.6. The van der Waals surface area contributed by atoms with Gasteiger partial charge < -0.3 is 4.90 Å². The van der Waals surface area contributed by atoms with Gasteiger partial charge in [-0.1, -0.05) is 89.7 Å². The summed E-state index contributed by atoms with van der Waals surface area (Å²) in [4.78, 5) is 3.32. The summed E-state index contributed by atoms with van der Waals surface area (Å²) in [6, 6.07) is 25.3. The third-order valence-electron chi connectivity index (χ3n) is 7.74. The molecule has 0 fully saturated rings. The lowest BCUT2D eigenvalue weighted by Crippen LogP contribution is -2.35. The van der Waals surface area contributed by atoms with E-state index in [0.717, 1.165) is 68.4 Å². The predicted molar refractivity (Wildman–Crippen MR) is 186 cm³/mol. The number of benzene rings is 4. The largest absolute Gasteiger partial charge is 0.335 e. The smallest absolute Gasteiger partial charge is 0.264 e. The highest BCUT2D eigenvalue weighted by atomic mass is 32.2. The van der Waals surface area contributed by atoms with Gasteiger partial charge in [-0.15, -0.1) is 4.33 Å². The van der Waals surface area contributed by atoms with E-state index >= 15 is 0 Å². The molecule has 0 saturated carbocycles. The van der Waals surface area contributed by atoms with Crippen molar-refractivity contribution in [3.8, 4) is 0 Å². The quantitative estimate of drug-likeness (QED) is 0.0317. The van der Waals surface area contributed by atoms with Crippen LogP contribution in [0.15, 0.2) is 94.4 Å². The first-order valence-electron chi connectivity index (χ1n) is 14.6. The number of hydrogen-bond donors (Lipinski definition) is 2. The number of anilines is 1. The standard InChI is InChI=1S/C33H32N2O6S4/c1-2-23(21-30-34(17-7-19-42-41-40-36)28-15-13-24-9-3-5-11-26(24)32(28)43-30)22-31-35(18-8-20-45(37,38)39)29-16-14-25-10-4-6-12-27(25)33(29)44-31/h3-6,9-16,21-22H,2,7-8,17-20H2,1H3,(H-,36,37,38,39)/p+1. The fourth-order valence-corrected chi connectivity index (χ4v) is 9.09. The molecule has 234 valence electrons. The molecule has 5 aromatic rings. The summed E-state index contributed by atoms with van der Waals surface area (Å²) in [5.41, 5.74) is 3.36. The first kappa shape index (κ1) is 32.0. The van der Waals surface area contributed by atoms with Gasteiger partial charge in [0.15, 0.2) is 6.54 Å². The number of thiazole rings is 1. The minimum Gasteiger partial charge on any atom is -0.335 e. The molecular weight excluding hydrogens is 649 g/mol. The SMILES string of the molecule is CCC(/C=C1\Sc2c(ccc3ccccc23)N1CCCS(=O)(=O)O)=C\c1sc2c3ccccc3ccc2[n+]1CCCSOOO. The Kier molecular flexibility index (Phi) is 10.1. The van der Waals surface area contributed by atoms with E-state index in [9.17, 15) is 13.0 Å². The lowest BCUT2D eigenvalue weighted by molar-refractivity contribution is -0.668. The van der Waals surface area contributed by atoms with Gasteiger partial charge in [0.05, 0.1) is 16.5 Å². The van der Waals surface area contributed by atoms with Crippen molar-refractivity contribution in [3.05, 3.63) is 94.5 Å². The fraction of sp³-hybridized carbons (Fsp3) is 0.242. The number of thioether (sulfide) groups is 1. The molecule has 1 aliphatic rings. The Morgan fingerprint density at radius 1 is 1.00 bits per heavy atom. The molecule has 6 rings (SSSR count). The molecule has 0 bridgehead atoms. The summed E-state index contributed by atoms with van der Waals surface area (Å²) in [7, 11) is -4.05. The first-order chi connectivity index (χ1) is 21.9. The van der Waals surface area contributed by atoms with Crippen molar-refractivity contribution in [2.75, 3.05) is 23.0 Å². The Bertz CT molecular complexity index is 2020. The van der Waals surface area contributed by atoms with Crippen molar-refractivity contribution in [2.24, 2.45) is 0 Å².